The van der Waals surface area contributed by atoms with E-state index in [9.17, 15) is 4.79 Å². The van der Waals surface area contributed by atoms with E-state index < -0.39 is 5.69 Å². The number of halogens is 2. The molecule has 7 heteroatoms. The molecule has 2 aromatic rings. The Morgan fingerprint density at radius 3 is 2.75 bits per heavy atom. The fourth-order valence-electron chi connectivity index (χ4n) is 1.09. The minimum atomic E-state index is -0.523. The summed E-state index contributed by atoms with van der Waals surface area (Å²) in [5.74, 6) is 0.335. The van der Waals surface area contributed by atoms with Gasteiger partial charge in [0, 0.05) is 5.69 Å². The first-order valence-electron chi connectivity index (χ1n) is 4.29. The van der Waals surface area contributed by atoms with Crippen molar-refractivity contribution in [3.05, 3.63) is 44.9 Å². The summed E-state index contributed by atoms with van der Waals surface area (Å²) in [6, 6.07) is 5.00. The number of benzene rings is 1. The van der Waals surface area contributed by atoms with Gasteiger partial charge in [-0.15, -0.1) is 0 Å². The van der Waals surface area contributed by atoms with E-state index in [4.69, 9.17) is 23.2 Å². The van der Waals surface area contributed by atoms with Crippen molar-refractivity contribution in [1.82, 2.24) is 15.2 Å². The van der Waals surface area contributed by atoms with E-state index in [1.54, 1.807) is 18.2 Å². The maximum absolute atomic E-state index is 10.9. The van der Waals surface area contributed by atoms with Gasteiger partial charge in [0.05, 0.1) is 16.2 Å². The number of hydrogen-bond acceptors (Lipinski definition) is 4. The Morgan fingerprint density at radius 1 is 1.25 bits per heavy atom. The van der Waals surface area contributed by atoms with Crippen LogP contribution in [-0.2, 0) is 0 Å². The van der Waals surface area contributed by atoms with Gasteiger partial charge in [-0.25, -0.2) is 9.89 Å². The van der Waals surface area contributed by atoms with Crippen molar-refractivity contribution in [2.24, 2.45) is 0 Å². The lowest BCUT2D eigenvalue weighted by molar-refractivity contribution is 0.919. The molecule has 0 unspecified atom stereocenters. The molecule has 0 saturated heterocycles. The Kier molecular flexibility index (Phi) is 3.07. The SMILES string of the molecule is O=c1nc(Nc2ccc(Cl)c(Cl)c2)cn[nH]1. The van der Waals surface area contributed by atoms with Gasteiger partial charge in [-0.2, -0.15) is 10.1 Å². The third-order valence-corrected chi connectivity index (χ3v) is 2.50. The minimum Gasteiger partial charge on any atom is -0.339 e. The molecule has 16 heavy (non-hydrogen) atoms. The lowest BCUT2D eigenvalue weighted by Crippen LogP contribution is -2.13. The fraction of sp³-hybridized carbons (Fsp3) is 0. The van der Waals surface area contributed by atoms with Crippen molar-refractivity contribution >= 4 is 34.7 Å². The predicted molar refractivity (Wildman–Crippen MR) is 62.4 cm³/mol. The quantitative estimate of drug-likeness (QED) is 0.865. The molecule has 0 radical (unpaired) electrons. The van der Waals surface area contributed by atoms with Gasteiger partial charge in [0.2, 0.25) is 0 Å². The third-order valence-electron chi connectivity index (χ3n) is 1.76. The maximum atomic E-state index is 10.9. The predicted octanol–water partition coefficient (Wildman–Crippen LogP) is 2.22. The number of H-pyrrole nitrogens is 1. The van der Waals surface area contributed by atoms with Crippen LogP contribution in [0.15, 0.2) is 29.2 Å². The molecule has 82 valence electrons. The normalized spacial score (nSPS) is 10.1. The summed E-state index contributed by atoms with van der Waals surface area (Å²) in [7, 11) is 0. The van der Waals surface area contributed by atoms with E-state index in [0.717, 1.165) is 0 Å². The molecule has 2 rings (SSSR count). The number of aromatic amines is 1. The van der Waals surface area contributed by atoms with Gasteiger partial charge in [0.25, 0.3) is 0 Å². The largest absolute Gasteiger partial charge is 0.363 e. The van der Waals surface area contributed by atoms with E-state index in [2.05, 4.69) is 20.5 Å². The van der Waals surface area contributed by atoms with Crippen molar-refractivity contribution in [2.75, 3.05) is 5.32 Å². The van der Waals surface area contributed by atoms with Crippen LogP contribution in [0.25, 0.3) is 0 Å². The second-order valence-corrected chi connectivity index (χ2v) is 3.74. The highest BCUT2D eigenvalue weighted by atomic mass is 35.5. The highest BCUT2D eigenvalue weighted by molar-refractivity contribution is 6.42. The van der Waals surface area contributed by atoms with Gasteiger partial charge in [-0.3, -0.25) is 0 Å². The maximum Gasteiger partial charge on any atom is 0.363 e. The monoisotopic (exact) mass is 256 g/mol. The number of hydrogen-bond donors (Lipinski definition) is 2. The Morgan fingerprint density at radius 2 is 2.06 bits per heavy atom. The Balaban J connectivity index is 2.27. The van der Waals surface area contributed by atoms with Crippen molar-refractivity contribution < 1.29 is 0 Å². The molecule has 1 heterocycles. The summed E-state index contributed by atoms with van der Waals surface area (Å²) in [5, 5.41) is 9.53. The van der Waals surface area contributed by atoms with Gasteiger partial charge in [-0.05, 0) is 18.2 Å². The molecule has 2 N–H and O–H groups in total. The topological polar surface area (TPSA) is 70.7 Å². The number of anilines is 2. The van der Waals surface area contributed by atoms with Crippen molar-refractivity contribution in [2.45, 2.75) is 0 Å². The molecule has 0 spiro atoms. The molecular weight excluding hydrogens is 251 g/mol. The first kappa shape index (κ1) is 10.9. The lowest BCUT2D eigenvalue weighted by Gasteiger charge is -2.04. The molecule has 0 aliphatic heterocycles. The molecule has 0 aliphatic carbocycles. The fourth-order valence-corrected chi connectivity index (χ4v) is 1.39. The lowest BCUT2D eigenvalue weighted by atomic mass is 10.3. The van der Waals surface area contributed by atoms with E-state index >= 15 is 0 Å². The van der Waals surface area contributed by atoms with Crippen LogP contribution in [0, 0.1) is 0 Å². The highest BCUT2D eigenvalue weighted by Gasteiger charge is 2.01. The molecule has 1 aromatic carbocycles. The summed E-state index contributed by atoms with van der Waals surface area (Å²) in [6.45, 7) is 0. The van der Waals surface area contributed by atoms with Gasteiger partial charge in [-0.1, -0.05) is 23.2 Å². The Bertz CT molecular complexity index is 569. The molecule has 1 aromatic heterocycles. The van der Waals surface area contributed by atoms with Gasteiger partial charge in [0.15, 0.2) is 5.82 Å². The van der Waals surface area contributed by atoms with Crippen LogP contribution in [-0.4, -0.2) is 15.2 Å². The summed E-state index contributed by atoms with van der Waals surface area (Å²) >= 11 is 11.6. The summed E-state index contributed by atoms with van der Waals surface area (Å²) < 4.78 is 0. The van der Waals surface area contributed by atoms with Crippen LogP contribution in [0.3, 0.4) is 0 Å². The van der Waals surface area contributed by atoms with Gasteiger partial charge in [0.1, 0.15) is 0 Å². The van der Waals surface area contributed by atoms with Crippen LogP contribution in [0.1, 0.15) is 0 Å². The molecule has 0 saturated carbocycles. The van der Waals surface area contributed by atoms with E-state index in [1.807, 2.05) is 0 Å². The van der Waals surface area contributed by atoms with E-state index in [1.165, 1.54) is 6.20 Å². The van der Waals surface area contributed by atoms with Crippen LogP contribution >= 0.6 is 23.2 Å². The second-order valence-electron chi connectivity index (χ2n) is 2.93. The molecule has 0 bridgehead atoms. The van der Waals surface area contributed by atoms with E-state index in [0.29, 0.717) is 21.6 Å². The van der Waals surface area contributed by atoms with Crippen LogP contribution in [0.2, 0.25) is 10.0 Å². The first-order chi connectivity index (χ1) is 7.65. The molecule has 0 amide bonds. The Hall–Kier alpha value is -1.59. The standard InChI is InChI=1S/C9H6Cl2N4O/c10-6-2-1-5(3-7(6)11)13-8-4-12-15-9(16)14-8/h1-4H,(H2,13,14,15,16). The van der Waals surface area contributed by atoms with Crippen molar-refractivity contribution in [3.8, 4) is 0 Å². The molecule has 0 atom stereocenters. The van der Waals surface area contributed by atoms with E-state index in [-0.39, 0.29) is 0 Å². The summed E-state index contributed by atoms with van der Waals surface area (Å²) in [6.07, 6.45) is 1.39. The van der Waals surface area contributed by atoms with Crippen molar-refractivity contribution in [1.29, 1.82) is 0 Å². The average molecular weight is 257 g/mol. The highest BCUT2D eigenvalue weighted by Crippen LogP contribution is 2.26. The van der Waals surface area contributed by atoms with Gasteiger partial charge >= 0.3 is 5.69 Å². The van der Waals surface area contributed by atoms with Crippen LogP contribution in [0.4, 0.5) is 11.5 Å². The third kappa shape index (κ3) is 2.50. The van der Waals surface area contributed by atoms with Crippen LogP contribution < -0.4 is 11.0 Å². The van der Waals surface area contributed by atoms with Crippen molar-refractivity contribution in [3.63, 3.8) is 0 Å². The van der Waals surface area contributed by atoms with Gasteiger partial charge < -0.3 is 5.32 Å². The van der Waals surface area contributed by atoms with Crippen LogP contribution in [0.5, 0.6) is 0 Å². The number of nitrogens with one attached hydrogen (secondary N) is 2. The second kappa shape index (κ2) is 4.51. The minimum absolute atomic E-state index is 0.335. The molecule has 5 nitrogen and oxygen atoms in total. The number of rotatable bonds is 2. The zero-order valence-electron chi connectivity index (χ0n) is 7.87. The summed E-state index contributed by atoms with van der Waals surface area (Å²) in [5.41, 5.74) is 0.152. The molecule has 0 aliphatic rings. The number of aromatic nitrogens is 3. The number of nitrogens with zero attached hydrogens (tertiary/aromatic N) is 2. The first-order valence-corrected chi connectivity index (χ1v) is 5.04. The molecule has 0 fully saturated rings. The Labute approximate surface area is 100 Å². The zero-order valence-corrected chi connectivity index (χ0v) is 9.38. The average Bonchev–Trinajstić information content (AvgIpc) is 2.24. The zero-order chi connectivity index (χ0) is 11.5. The summed E-state index contributed by atoms with van der Waals surface area (Å²) in [4.78, 5) is 14.5. The smallest absolute Gasteiger partial charge is 0.339 e. The molecular formula is C9H6Cl2N4O.